The van der Waals surface area contributed by atoms with Crippen LogP contribution in [-0.4, -0.2) is 34.9 Å². The predicted molar refractivity (Wildman–Crippen MR) is 71.6 cm³/mol. The molecule has 1 atom stereocenters. The van der Waals surface area contributed by atoms with Crippen molar-refractivity contribution in [2.75, 3.05) is 13.1 Å². The zero-order valence-electron chi connectivity index (χ0n) is 9.81. The molecule has 8 heteroatoms. The maximum Gasteiger partial charge on any atom is 0.271 e. The Bertz CT molecular complexity index is 550. The smallest absolute Gasteiger partial charge is 0.271 e. The molecule has 0 aromatic heterocycles. The van der Waals surface area contributed by atoms with Gasteiger partial charge in [-0.15, -0.1) is 0 Å². The zero-order chi connectivity index (χ0) is 14.2. The fraction of sp³-hybridized carbons (Fsp3) is 0.364. The number of nitrogens with two attached hydrogens (primary N) is 1. The third kappa shape index (κ3) is 2.80. The van der Waals surface area contributed by atoms with E-state index in [1.807, 2.05) is 0 Å². The normalized spacial score (nSPS) is 18.7. The molecule has 1 aromatic rings. The molecule has 0 aliphatic carbocycles. The number of carbonyl (C=O) groups is 1. The first-order valence-electron chi connectivity index (χ1n) is 5.58. The number of nitro benzene ring substituents is 1. The number of hydrogen-bond acceptors (Lipinski definition) is 4. The van der Waals surface area contributed by atoms with Crippen molar-refractivity contribution in [2.24, 2.45) is 5.73 Å². The van der Waals surface area contributed by atoms with Crippen LogP contribution < -0.4 is 5.73 Å². The molecule has 0 radical (unpaired) electrons. The highest BCUT2D eigenvalue weighted by Crippen LogP contribution is 2.32. The lowest BCUT2D eigenvalue weighted by Crippen LogP contribution is -2.32. The van der Waals surface area contributed by atoms with Crippen molar-refractivity contribution in [2.45, 2.75) is 12.5 Å². The Morgan fingerprint density at radius 2 is 2.16 bits per heavy atom. The fourth-order valence-corrected chi connectivity index (χ4v) is 2.38. The van der Waals surface area contributed by atoms with Crippen LogP contribution in [0.1, 0.15) is 16.8 Å². The SMILES string of the molecule is N[C@H]1CCN(C(=O)c2cc([N+](=O)[O-])cc(Cl)c2Cl)C1. The lowest BCUT2D eigenvalue weighted by atomic mass is 10.1. The Morgan fingerprint density at radius 3 is 2.68 bits per heavy atom. The van der Waals surface area contributed by atoms with Gasteiger partial charge in [0.15, 0.2) is 0 Å². The Kier molecular flexibility index (Phi) is 3.93. The molecule has 1 aliphatic rings. The number of amides is 1. The van der Waals surface area contributed by atoms with E-state index in [9.17, 15) is 14.9 Å². The average Bonchev–Trinajstić information content (AvgIpc) is 2.78. The van der Waals surface area contributed by atoms with E-state index in [0.717, 1.165) is 12.1 Å². The van der Waals surface area contributed by atoms with Gasteiger partial charge in [0, 0.05) is 31.3 Å². The Morgan fingerprint density at radius 1 is 1.47 bits per heavy atom. The van der Waals surface area contributed by atoms with Crippen molar-refractivity contribution < 1.29 is 9.72 Å². The topological polar surface area (TPSA) is 89.5 Å². The monoisotopic (exact) mass is 303 g/mol. The summed E-state index contributed by atoms with van der Waals surface area (Å²) in [6.45, 7) is 0.923. The lowest BCUT2D eigenvalue weighted by molar-refractivity contribution is -0.384. The number of hydrogen-bond donors (Lipinski definition) is 1. The van der Waals surface area contributed by atoms with Crippen molar-refractivity contribution >= 4 is 34.8 Å². The summed E-state index contributed by atoms with van der Waals surface area (Å²) in [5.74, 6) is -0.386. The minimum absolute atomic E-state index is 0.0114. The van der Waals surface area contributed by atoms with Crippen LogP contribution in [-0.2, 0) is 0 Å². The quantitative estimate of drug-likeness (QED) is 0.669. The van der Waals surface area contributed by atoms with E-state index < -0.39 is 4.92 Å². The van der Waals surface area contributed by atoms with Gasteiger partial charge in [-0.25, -0.2) is 0 Å². The maximum atomic E-state index is 12.2. The van der Waals surface area contributed by atoms with Gasteiger partial charge in [-0.1, -0.05) is 23.2 Å². The van der Waals surface area contributed by atoms with E-state index in [1.54, 1.807) is 0 Å². The number of nitro groups is 1. The Balaban J connectivity index is 2.38. The first kappa shape index (κ1) is 14.0. The van der Waals surface area contributed by atoms with Crippen molar-refractivity contribution in [3.8, 4) is 0 Å². The molecule has 1 heterocycles. The molecule has 1 amide bonds. The van der Waals surface area contributed by atoms with E-state index in [2.05, 4.69) is 0 Å². The summed E-state index contributed by atoms with van der Waals surface area (Å²) in [5.41, 5.74) is 5.50. The second-order valence-electron chi connectivity index (χ2n) is 4.35. The number of nitrogens with zero attached hydrogens (tertiary/aromatic N) is 2. The van der Waals surface area contributed by atoms with Crippen molar-refractivity contribution in [3.05, 3.63) is 37.9 Å². The molecular weight excluding hydrogens is 293 g/mol. The molecule has 0 spiro atoms. The Labute approximate surface area is 119 Å². The first-order chi connectivity index (χ1) is 8.90. The first-order valence-corrected chi connectivity index (χ1v) is 6.34. The van der Waals surface area contributed by atoms with Gasteiger partial charge in [0.1, 0.15) is 0 Å². The number of non-ortho nitro benzene ring substituents is 1. The molecule has 102 valence electrons. The van der Waals surface area contributed by atoms with Crippen LogP contribution in [0.25, 0.3) is 0 Å². The lowest BCUT2D eigenvalue weighted by Gasteiger charge is -2.16. The zero-order valence-corrected chi connectivity index (χ0v) is 11.3. The van der Waals surface area contributed by atoms with Crippen molar-refractivity contribution in [3.63, 3.8) is 0 Å². The molecule has 0 saturated carbocycles. The molecule has 19 heavy (non-hydrogen) atoms. The number of likely N-dealkylation sites (tertiary alicyclic amines) is 1. The van der Waals surface area contributed by atoms with E-state index in [-0.39, 0.29) is 33.2 Å². The van der Waals surface area contributed by atoms with Crippen LogP contribution in [0, 0.1) is 10.1 Å². The third-order valence-corrected chi connectivity index (χ3v) is 3.77. The van der Waals surface area contributed by atoms with E-state index >= 15 is 0 Å². The highest BCUT2D eigenvalue weighted by atomic mass is 35.5. The van der Waals surface area contributed by atoms with E-state index in [4.69, 9.17) is 28.9 Å². The number of carbonyl (C=O) groups excluding carboxylic acids is 1. The Hall–Kier alpha value is -1.37. The van der Waals surface area contributed by atoms with Crippen LogP contribution in [0.3, 0.4) is 0 Å². The van der Waals surface area contributed by atoms with Gasteiger partial charge in [-0.2, -0.15) is 0 Å². The highest BCUT2D eigenvalue weighted by Gasteiger charge is 2.28. The van der Waals surface area contributed by atoms with Gasteiger partial charge in [0.05, 0.1) is 20.5 Å². The van der Waals surface area contributed by atoms with Gasteiger partial charge < -0.3 is 10.6 Å². The summed E-state index contributed by atoms with van der Waals surface area (Å²) in [4.78, 5) is 23.9. The number of benzene rings is 1. The van der Waals surface area contributed by atoms with Crippen LogP contribution >= 0.6 is 23.2 Å². The minimum Gasteiger partial charge on any atom is -0.337 e. The minimum atomic E-state index is -0.616. The number of rotatable bonds is 2. The summed E-state index contributed by atoms with van der Waals surface area (Å²) in [7, 11) is 0. The van der Waals surface area contributed by atoms with Gasteiger partial charge in [-0.05, 0) is 6.42 Å². The fourth-order valence-electron chi connectivity index (χ4n) is 1.98. The van der Waals surface area contributed by atoms with E-state index in [0.29, 0.717) is 19.5 Å². The largest absolute Gasteiger partial charge is 0.337 e. The van der Waals surface area contributed by atoms with Gasteiger partial charge in [0.25, 0.3) is 11.6 Å². The molecule has 1 fully saturated rings. The summed E-state index contributed by atoms with van der Waals surface area (Å²) >= 11 is 11.8. The van der Waals surface area contributed by atoms with Crippen molar-refractivity contribution in [1.29, 1.82) is 0 Å². The van der Waals surface area contributed by atoms with Crippen LogP contribution in [0.2, 0.25) is 10.0 Å². The molecule has 1 saturated heterocycles. The second-order valence-corrected chi connectivity index (χ2v) is 5.13. The summed E-state index contributed by atoms with van der Waals surface area (Å²) in [5, 5.41) is 10.8. The molecule has 0 bridgehead atoms. The molecule has 2 rings (SSSR count). The van der Waals surface area contributed by atoms with Gasteiger partial charge in [0.2, 0.25) is 0 Å². The van der Waals surface area contributed by atoms with Crippen LogP contribution in [0.15, 0.2) is 12.1 Å². The predicted octanol–water partition coefficient (Wildman–Crippen LogP) is 2.07. The molecular formula is C11H11Cl2N3O3. The van der Waals surface area contributed by atoms with Gasteiger partial charge in [-0.3, -0.25) is 14.9 Å². The maximum absolute atomic E-state index is 12.2. The summed E-state index contributed by atoms with van der Waals surface area (Å²) < 4.78 is 0. The number of halogens is 2. The summed E-state index contributed by atoms with van der Waals surface area (Å²) in [6.07, 6.45) is 0.700. The van der Waals surface area contributed by atoms with Crippen LogP contribution in [0.5, 0.6) is 0 Å². The molecule has 0 unspecified atom stereocenters. The molecule has 1 aromatic carbocycles. The summed E-state index contributed by atoms with van der Waals surface area (Å²) in [6, 6.07) is 2.19. The van der Waals surface area contributed by atoms with E-state index in [1.165, 1.54) is 4.90 Å². The highest BCUT2D eigenvalue weighted by molar-refractivity contribution is 6.44. The van der Waals surface area contributed by atoms with Crippen LogP contribution in [0.4, 0.5) is 5.69 Å². The average molecular weight is 304 g/mol. The molecule has 2 N–H and O–H groups in total. The second kappa shape index (κ2) is 5.32. The van der Waals surface area contributed by atoms with Crippen molar-refractivity contribution in [1.82, 2.24) is 4.90 Å². The molecule has 1 aliphatic heterocycles. The standard InChI is InChI=1S/C11H11Cl2N3O3/c12-9-4-7(16(18)19)3-8(10(9)13)11(17)15-2-1-6(14)5-15/h3-4,6H,1-2,5,14H2/t6-/m0/s1. The molecule has 6 nitrogen and oxygen atoms in total. The van der Waals surface area contributed by atoms with Gasteiger partial charge >= 0.3 is 0 Å². The third-order valence-electron chi connectivity index (χ3n) is 2.97.